The molecule has 1 atom stereocenters. The third kappa shape index (κ3) is 5.30. The van der Waals surface area contributed by atoms with Gasteiger partial charge in [0.15, 0.2) is 0 Å². The summed E-state index contributed by atoms with van der Waals surface area (Å²) in [6, 6.07) is 30.1. The molecule has 1 N–H and O–H groups in total. The predicted molar refractivity (Wildman–Crippen MR) is 144 cm³/mol. The number of carbonyl (C=O) groups is 1. The number of benzene rings is 3. The van der Waals surface area contributed by atoms with Gasteiger partial charge >= 0.3 is 6.03 Å². The lowest BCUT2D eigenvalue weighted by Crippen LogP contribution is -2.50. The number of piperidine rings is 1. The first-order valence-electron chi connectivity index (χ1n) is 12.9. The van der Waals surface area contributed by atoms with Crippen LogP contribution in [0, 0.1) is 5.92 Å². The summed E-state index contributed by atoms with van der Waals surface area (Å²) in [7, 11) is 1.92. The van der Waals surface area contributed by atoms with Gasteiger partial charge in [-0.3, -0.25) is 0 Å². The largest absolute Gasteiger partial charge is 0.378 e. The molecule has 0 saturated carbocycles. The van der Waals surface area contributed by atoms with Crippen molar-refractivity contribution in [3.63, 3.8) is 0 Å². The van der Waals surface area contributed by atoms with Crippen LogP contribution < -0.4 is 0 Å². The molecule has 6 heteroatoms. The van der Waals surface area contributed by atoms with Gasteiger partial charge < -0.3 is 19.5 Å². The quantitative estimate of drug-likeness (QED) is 0.385. The fourth-order valence-corrected chi connectivity index (χ4v) is 5.50. The number of urea groups is 1. The second-order valence-corrected chi connectivity index (χ2v) is 9.89. The average Bonchev–Trinajstić information content (AvgIpc) is 3.40. The Labute approximate surface area is 218 Å². The highest BCUT2D eigenvalue weighted by Crippen LogP contribution is 2.41. The van der Waals surface area contributed by atoms with E-state index in [0.717, 1.165) is 22.4 Å². The third-order valence-electron chi connectivity index (χ3n) is 7.48. The summed E-state index contributed by atoms with van der Waals surface area (Å²) in [5.41, 5.74) is 2.68. The Morgan fingerprint density at radius 3 is 1.89 bits per heavy atom. The molecule has 1 saturated heterocycles. The Balaban J connectivity index is 1.35. The van der Waals surface area contributed by atoms with Crippen LogP contribution in [-0.4, -0.2) is 43.6 Å². The van der Waals surface area contributed by atoms with Crippen LogP contribution in [0.25, 0.3) is 0 Å². The maximum Gasteiger partial charge on any atom is 0.320 e. The molecule has 4 aromatic rings. The monoisotopic (exact) mass is 494 g/mol. The third-order valence-corrected chi connectivity index (χ3v) is 7.48. The molecule has 1 aliphatic heterocycles. The minimum absolute atomic E-state index is 0.0361. The molecule has 2 amide bonds. The van der Waals surface area contributed by atoms with Crippen LogP contribution in [0.1, 0.15) is 35.2 Å². The van der Waals surface area contributed by atoms with Gasteiger partial charge in [-0.2, -0.15) is 0 Å². The number of imidazole rings is 1. The van der Waals surface area contributed by atoms with Crippen molar-refractivity contribution in [1.29, 1.82) is 0 Å². The van der Waals surface area contributed by atoms with E-state index >= 15 is 0 Å². The lowest BCUT2D eigenvalue weighted by atomic mass is 9.74. The van der Waals surface area contributed by atoms with Crippen molar-refractivity contribution < 1.29 is 9.90 Å². The highest BCUT2D eigenvalue weighted by atomic mass is 16.3. The number of hydrogen-bond donors (Lipinski definition) is 1. The van der Waals surface area contributed by atoms with Crippen molar-refractivity contribution in [2.75, 3.05) is 13.1 Å². The number of rotatable bonds is 7. The van der Waals surface area contributed by atoms with Gasteiger partial charge in [-0.25, -0.2) is 9.78 Å². The van der Waals surface area contributed by atoms with E-state index in [1.165, 1.54) is 0 Å². The number of aliphatic hydroxyl groups is 1. The van der Waals surface area contributed by atoms with E-state index < -0.39 is 5.60 Å². The van der Waals surface area contributed by atoms with Crippen LogP contribution >= 0.6 is 0 Å². The first-order chi connectivity index (χ1) is 18.1. The molecule has 0 spiro atoms. The zero-order chi connectivity index (χ0) is 25.7. The van der Waals surface area contributed by atoms with Gasteiger partial charge in [0.25, 0.3) is 0 Å². The van der Waals surface area contributed by atoms with Crippen LogP contribution in [0.2, 0.25) is 0 Å². The fourth-order valence-electron chi connectivity index (χ4n) is 5.50. The van der Waals surface area contributed by atoms with Gasteiger partial charge in [-0.15, -0.1) is 0 Å². The molecule has 1 fully saturated rings. The van der Waals surface area contributed by atoms with E-state index in [1.807, 2.05) is 88.1 Å². The maximum absolute atomic E-state index is 13.8. The SMILES string of the molecule is Cn1cncc1C(O)(c1ccccc1)C1CCN(C(=O)N(Cc2ccccc2)Cc2ccccc2)CC1. The summed E-state index contributed by atoms with van der Waals surface area (Å²) >= 11 is 0. The van der Waals surface area contributed by atoms with E-state index in [4.69, 9.17) is 0 Å². The second-order valence-electron chi connectivity index (χ2n) is 9.89. The van der Waals surface area contributed by atoms with Crippen molar-refractivity contribution in [2.45, 2.75) is 31.5 Å². The molecule has 1 aromatic heterocycles. The van der Waals surface area contributed by atoms with E-state index in [9.17, 15) is 9.90 Å². The maximum atomic E-state index is 13.8. The van der Waals surface area contributed by atoms with Gasteiger partial charge in [-0.1, -0.05) is 91.0 Å². The molecule has 2 heterocycles. The average molecular weight is 495 g/mol. The molecule has 1 unspecified atom stereocenters. The topological polar surface area (TPSA) is 61.6 Å². The van der Waals surface area contributed by atoms with Crippen LogP contribution in [0.5, 0.6) is 0 Å². The van der Waals surface area contributed by atoms with E-state index in [2.05, 4.69) is 29.2 Å². The van der Waals surface area contributed by atoms with Gasteiger partial charge in [0, 0.05) is 39.1 Å². The molecule has 0 aliphatic carbocycles. The molecular weight excluding hydrogens is 460 g/mol. The number of nitrogens with zero attached hydrogens (tertiary/aromatic N) is 4. The summed E-state index contributed by atoms with van der Waals surface area (Å²) in [6.07, 6.45) is 4.89. The number of amides is 2. The Morgan fingerprint density at radius 2 is 1.41 bits per heavy atom. The minimum Gasteiger partial charge on any atom is -0.378 e. The van der Waals surface area contributed by atoms with E-state index in [0.29, 0.717) is 39.0 Å². The highest BCUT2D eigenvalue weighted by Gasteiger charge is 2.44. The van der Waals surface area contributed by atoms with Crippen LogP contribution in [0.4, 0.5) is 4.79 Å². The molecule has 0 bridgehead atoms. The first kappa shape index (κ1) is 24.8. The van der Waals surface area contributed by atoms with Crippen molar-refractivity contribution >= 4 is 6.03 Å². The smallest absolute Gasteiger partial charge is 0.320 e. The van der Waals surface area contributed by atoms with Crippen LogP contribution in [-0.2, 0) is 25.7 Å². The normalized spacial score (nSPS) is 15.8. The molecule has 5 rings (SSSR count). The summed E-state index contributed by atoms with van der Waals surface area (Å²) in [5.74, 6) is -0.0361. The summed E-state index contributed by atoms with van der Waals surface area (Å²) < 4.78 is 1.89. The Hall–Kier alpha value is -3.90. The van der Waals surface area contributed by atoms with Crippen molar-refractivity contribution in [3.05, 3.63) is 126 Å². The lowest BCUT2D eigenvalue weighted by molar-refractivity contribution is -0.0167. The molecular formula is C31H34N4O2. The highest BCUT2D eigenvalue weighted by molar-refractivity contribution is 5.74. The predicted octanol–water partition coefficient (Wildman–Crippen LogP) is 5.19. The summed E-state index contributed by atoms with van der Waals surface area (Å²) in [5, 5.41) is 12.2. The second kappa shape index (κ2) is 11.0. The number of aromatic nitrogens is 2. The van der Waals surface area contributed by atoms with E-state index in [-0.39, 0.29) is 11.9 Å². The molecule has 37 heavy (non-hydrogen) atoms. The molecule has 190 valence electrons. The number of hydrogen-bond acceptors (Lipinski definition) is 3. The number of carbonyl (C=O) groups excluding carboxylic acids is 1. The summed E-state index contributed by atoms with van der Waals surface area (Å²) in [6.45, 7) is 2.29. The standard InChI is InChI=1S/C31H34N4O2/c1-33-24-32-21-29(33)31(37,27-15-9-4-10-16-27)28-17-19-34(20-18-28)30(36)35(22-25-11-5-2-6-12-25)23-26-13-7-3-8-14-26/h2-16,21,24,28,37H,17-20,22-23H2,1H3. The zero-order valence-electron chi connectivity index (χ0n) is 21.3. The van der Waals surface area contributed by atoms with Crippen molar-refractivity contribution in [1.82, 2.24) is 19.4 Å². The van der Waals surface area contributed by atoms with Crippen LogP contribution in [0.15, 0.2) is 104 Å². The molecule has 1 aliphatic rings. The molecule has 6 nitrogen and oxygen atoms in total. The van der Waals surface area contributed by atoms with Gasteiger partial charge in [0.2, 0.25) is 0 Å². The van der Waals surface area contributed by atoms with E-state index in [1.54, 1.807) is 12.5 Å². The Bertz CT molecular complexity index is 1240. The molecule has 3 aromatic carbocycles. The Morgan fingerprint density at radius 1 is 0.892 bits per heavy atom. The zero-order valence-corrected chi connectivity index (χ0v) is 21.3. The van der Waals surface area contributed by atoms with Gasteiger partial charge in [0.1, 0.15) is 5.60 Å². The van der Waals surface area contributed by atoms with Crippen molar-refractivity contribution in [2.24, 2.45) is 13.0 Å². The van der Waals surface area contributed by atoms with Gasteiger partial charge in [-0.05, 0) is 29.5 Å². The number of aryl methyl sites for hydroxylation is 1. The first-order valence-corrected chi connectivity index (χ1v) is 12.9. The molecule has 0 radical (unpaired) electrons. The van der Waals surface area contributed by atoms with Crippen molar-refractivity contribution in [3.8, 4) is 0 Å². The number of likely N-dealkylation sites (tertiary alicyclic amines) is 1. The van der Waals surface area contributed by atoms with Gasteiger partial charge in [0.05, 0.1) is 18.2 Å². The summed E-state index contributed by atoms with van der Waals surface area (Å²) in [4.78, 5) is 21.9. The fraction of sp³-hybridized carbons (Fsp3) is 0.290. The Kier molecular flexibility index (Phi) is 7.37. The van der Waals surface area contributed by atoms with Crippen LogP contribution in [0.3, 0.4) is 0 Å². The lowest BCUT2D eigenvalue weighted by Gasteiger charge is -2.43. The minimum atomic E-state index is -1.17.